The van der Waals surface area contributed by atoms with E-state index in [0.29, 0.717) is 13.1 Å². The number of carbonyl (C=O) groups excluding carboxylic acids is 1. The molecule has 0 saturated carbocycles. The Morgan fingerprint density at radius 2 is 1.64 bits per heavy atom. The van der Waals surface area contributed by atoms with Crippen molar-refractivity contribution in [3.63, 3.8) is 0 Å². The van der Waals surface area contributed by atoms with E-state index < -0.39 is 0 Å². The maximum atomic E-state index is 12.8. The summed E-state index contributed by atoms with van der Waals surface area (Å²) in [6, 6.07) is 20.5. The van der Waals surface area contributed by atoms with Crippen LogP contribution in [0.3, 0.4) is 0 Å². The van der Waals surface area contributed by atoms with Gasteiger partial charge in [-0.25, -0.2) is 0 Å². The van der Waals surface area contributed by atoms with Crippen LogP contribution in [0.25, 0.3) is 0 Å². The van der Waals surface area contributed by atoms with E-state index in [1.54, 1.807) is 0 Å². The molecule has 0 aliphatic heterocycles. The van der Waals surface area contributed by atoms with Crippen molar-refractivity contribution in [2.24, 2.45) is 0 Å². The molecule has 1 amide bonds. The third-order valence-corrected chi connectivity index (χ3v) is 4.43. The Balaban J connectivity index is 1.82. The summed E-state index contributed by atoms with van der Waals surface area (Å²) in [5, 5.41) is 3.05. The Labute approximate surface area is 149 Å². The first-order valence-corrected chi connectivity index (χ1v) is 8.59. The number of nitrogens with zero attached hydrogens (tertiary/aromatic N) is 1. The van der Waals surface area contributed by atoms with Gasteiger partial charge >= 0.3 is 0 Å². The largest absolute Gasteiger partial charge is 0.347 e. The second-order valence-corrected chi connectivity index (χ2v) is 6.56. The van der Waals surface area contributed by atoms with E-state index in [-0.39, 0.29) is 5.91 Å². The molecule has 0 aliphatic rings. The standard InChI is InChI=1S/C22H24N2O/c1-16-8-7-11-20(12-16)15-24-18(3)13-17(2)21(24)22(25)23-14-19-9-5-4-6-10-19/h4-13H,14-15H2,1-3H3,(H,23,25). The van der Waals surface area contributed by atoms with Gasteiger partial charge < -0.3 is 9.88 Å². The van der Waals surface area contributed by atoms with Crippen LogP contribution in [0.1, 0.15) is 38.4 Å². The highest BCUT2D eigenvalue weighted by atomic mass is 16.1. The third-order valence-electron chi connectivity index (χ3n) is 4.43. The first-order chi connectivity index (χ1) is 12.0. The molecule has 3 aromatic rings. The van der Waals surface area contributed by atoms with Gasteiger partial charge in [0.1, 0.15) is 5.69 Å². The van der Waals surface area contributed by atoms with Crippen molar-refractivity contribution in [3.05, 3.63) is 94.3 Å². The van der Waals surface area contributed by atoms with Crippen LogP contribution in [0.5, 0.6) is 0 Å². The molecule has 0 atom stereocenters. The summed E-state index contributed by atoms with van der Waals surface area (Å²) in [6.07, 6.45) is 0. The summed E-state index contributed by atoms with van der Waals surface area (Å²) in [7, 11) is 0. The van der Waals surface area contributed by atoms with Crippen LogP contribution < -0.4 is 5.32 Å². The lowest BCUT2D eigenvalue weighted by atomic mass is 10.1. The maximum absolute atomic E-state index is 12.8. The van der Waals surface area contributed by atoms with Gasteiger partial charge in [-0.05, 0) is 43.5 Å². The lowest BCUT2D eigenvalue weighted by Gasteiger charge is -2.13. The maximum Gasteiger partial charge on any atom is 0.268 e. The highest BCUT2D eigenvalue weighted by Gasteiger charge is 2.17. The zero-order chi connectivity index (χ0) is 17.8. The zero-order valence-electron chi connectivity index (χ0n) is 15.0. The molecule has 1 heterocycles. The first-order valence-electron chi connectivity index (χ1n) is 8.59. The molecule has 0 fully saturated rings. The fraction of sp³-hybridized carbons (Fsp3) is 0.227. The van der Waals surface area contributed by atoms with E-state index in [1.807, 2.05) is 37.3 Å². The van der Waals surface area contributed by atoms with Gasteiger partial charge in [-0.15, -0.1) is 0 Å². The molecule has 0 spiro atoms. The van der Waals surface area contributed by atoms with E-state index in [4.69, 9.17) is 0 Å². The molecule has 0 unspecified atom stereocenters. The second kappa shape index (κ2) is 7.39. The van der Waals surface area contributed by atoms with Crippen LogP contribution >= 0.6 is 0 Å². The van der Waals surface area contributed by atoms with E-state index >= 15 is 0 Å². The van der Waals surface area contributed by atoms with E-state index in [2.05, 4.69) is 54.1 Å². The fourth-order valence-corrected chi connectivity index (χ4v) is 3.21. The van der Waals surface area contributed by atoms with E-state index in [1.165, 1.54) is 11.1 Å². The molecule has 25 heavy (non-hydrogen) atoms. The van der Waals surface area contributed by atoms with E-state index in [9.17, 15) is 4.79 Å². The highest BCUT2D eigenvalue weighted by Crippen LogP contribution is 2.18. The van der Waals surface area contributed by atoms with Crippen LogP contribution in [-0.4, -0.2) is 10.5 Å². The molecule has 3 nitrogen and oxygen atoms in total. The number of rotatable bonds is 5. The normalized spacial score (nSPS) is 10.7. The predicted molar refractivity (Wildman–Crippen MR) is 102 cm³/mol. The number of hydrogen-bond donors (Lipinski definition) is 1. The average Bonchev–Trinajstić information content (AvgIpc) is 2.87. The van der Waals surface area contributed by atoms with Crippen molar-refractivity contribution < 1.29 is 4.79 Å². The predicted octanol–water partition coefficient (Wildman–Crippen LogP) is 4.39. The highest BCUT2D eigenvalue weighted by molar-refractivity contribution is 5.94. The Morgan fingerprint density at radius 3 is 2.36 bits per heavy atom. The SMILES string of the molecule is Cc1cccc(Cn2c(C)cc(C)c2C(=O)NCc2ccccc2)c1. The van der Waals surface area contributed by atoms with Crippen LogP contribution in [-0.2, 0) is 13.1 Å². The van der Waals surface area contributed by atoms with Crippen LogP contribution in [0, 0.1) is 20.8 Å². The Morgan fingerprint density at radius 1 is 0.920 bits per heavy atom. The van der Waals surface area contributed by atoms with Gasteiger partial charge in [-0.2, -0.15) is 0 Å². The summed E-state index contributed by atoms with van der Waals surface area (Å²) in [5.74, 6) is -0.0258. The number of nitrogens with one attached hydrogen (secondary N) is 1. The van der Waals surface area contributed by atoms with Crippen molar-refractivity contribution in [2.45, 2.75) is 33.9 Å². The van der Waals surface area contributed by atoms with Gasteiger partial charge in [0.2, 0.25) is 0 Å². The van der Waals surface area contributed by atoms with E-state index in [0.717, 1.165) is 22.5 Å². The van der Waals surface area contributed by atoms with Gasteiger partial charge in [0, 0.05) is 18.8 Å². The minimum atomic E-state index is -0.0258. The molecule has 3 heteroatoms. The van der Waals surface area contributed by atoms with Gasteiger partial charge in [0.05, 0.1) is 0 Å². The fourth-order valence-electron chi connectivity index (χ4n) is 3.21. The Kier molecular flexibility index (Phi) is 5.03. The molecule has 0 radical (unpaired) electrons. The van der Waals surface area contributed by atoms with Crippen molar-refractivity contribution in [1.82, 2.24) is 9.88 Å². The van der Waals surface area contributed by atoms with Gasteiger partial charge in [-0.3, -0.25) is 4.79 Å². The molecular formula is C22H24N2O. The number of benzene rings is 2. The summed E-state index contributed by atoms with van der Waals surface area (Å²) in [5.41, 5.74) is 6.39. The molecule has 0 saturated heterocycles. The monoisotopic (exact) mass is 332 g/mol. The van der Waals surface area contributed by atoms with Gasteiger partial charge in [-0.1, -0.05) is 60.2 Å². The quantitative estimate of drug-likeness (QED) is 0.738. The second-order valence-electron chi connectivity index (χ2n) is 6.56. The summed E-state index contributed by atoms with van der Waals surface area (Å²) >= 11 is 0. The van der Waals surface area contributed by atoms with Crippen LogP contribution in [0.4, 0.5) is 0 Å². The smallest absolute Gasteiger partial charge is 0.268 e. The molecular weight excluding hydrogens is 308 g/mol. The minimum Gasteiger partial charge on any atom is -0.347 e. The average molecular weight is 332 g/mol. The van der Waals surface area contributed by atoms with Crippen molar-refractivity contribution >= 4 is 5.91 Å². The first kappa shape index (κ1) is 17.0. The van der Waals surface area contributed by atoms with Crippen molar-refractivity contribution in [1.29, 1.82) is 0 Å². The molecule has 2 aromatic carbocycles. The lowest BCUT2D eigenvalue weighted by Crippen LogP contribution is -2.26. The van der Waals surface area contributed by atoms with Crippen molar-refractivity contribution in [2.75, 3.05) is 0 Å². The molecule has 1 N–H and O–H groups in total. The topological polar surface area (TPSA) is 34.0 Å². The number of carbonyl (C=O) groups is 1. The molecule has 0 bridgehead atoms. The number of amides is 1. The molecule has 0 aliphatic carbocycles. The van der Waals surface area contributed by atoms with Crippen LogP contribution in [0.2, 0.25) is 0 Å². The number of aromatic nitrogens is 1. The third kappa shape index (κ3) is 4.00. The van der Waals surface area contributed by atoms with Gasteiger partial charge in [0.15, 0.2) is 0 Å². The minimum absolute atomic E-state index is 0.0258. The zero-order valence-corrected chi connectivity index (χ0v) is 15.0. The molecule has 128 valence electrons. The van der Waals surface area contributed by atoms with Gasteiger partial charge in [0.25, 0.3) is 5.91 Å². The molecule has 3 rings (SSSR count). The lowest BCUT2D eigenvalue weighted by molar-refractivity contribution is 0.0941. The Bertz CT molecular complexity index is 878. The summed E-state index contributed by atoms with van der Waals surface area (Å²) < 4.78 is 2.10. The molecule has 1 aromatic heterocycles. The summed E-state index contributed by atoms with van der Waals surface area (Å²) in [4.78, 5) is 12.8. The Hall–Kier alpha value is -2.81. The number of hydrogen-bond acceptors (Lipinski definition) is 1. The number of aryl methyl sites for hydroxylation is 3. The van der Waals surface area contributed by atoms with Crippen LogP contribution in [0.15, 0.2) is 60.7 Å². The summed E-state index contributed by atoms with van der Waals surface area (Å²) in [6.45, 7) is 7.38. The van der Waals surface area contributed by atoms with Crippen molar-refractivity contribution in [3.8, 4) is 0 Å².